The second-order valence-electron chi connectivity index (χ2n) is 4.41. The average Bonchev–Trinajstić information content (AvgIpc) is 3.00. The molecular formula is C16H20N2OS. The van der Waals surface area contributed by atoms with E-state index in [9.17, 15) is 0 Å². The molecule has 0 aliphatic heterocycles. The Morgan fingerprint density at radius 2 is 2.25 bits per heavy atom. The molecule has 106 valence electrons. The maximum Gasteiger partial charge on any atom is 0.128 e. The predicted octanol–water partition coefficient (Wildman–Crippen LogP) is 4.27. The zero-order chi connectivity index (χ0) is 14.2. The van der Waals surface area contributed by atoms with Gasteiger partial charge in [0.2, 0.25) is 0 Å². The minimum absolute atomic E-state index is 0.754. The van der Waals surface area contributed by atoms with Crippen LogP contribution in [0, 0.1) is 0 Å². The number of thioether (sulfide) groups is 1. The Morgan fingerprint density at radius 1 is 1.40 bits per heavy atom. The molecule has 1 aromatic carbocycles. The number of benzene rings is 1. The zero-order valence-corrected chi connectivity index (χ0v) is 12.8. The molecular weight excluding hydrogens is 268 g/mol. The van der Waals surface area contributed by atoms with Crippen molar-refractivity contribution in [2.75, 3.05) is 12.9 Å². The summed E-state index contributed by atoms with van der Waals surface area (Å²) in [7, 11) is 0. The van der Waals surface area contributed by atoms with E-state index in [2.05, 4.69) is 29.6 Å². The van der Waals surface area contributed by atoms with E-state index in [0.29, 0.717) is 0 Å². The van der Waals surface area contributed by atoms with Crippen molar-refractivity contribution in [3.05, 3.63) is 54.0 Å². The topological polar surface area (TPSA) is 27.1 Å². The number of aromatic nitrogens is 2. The first-order valence-electron chi connectivity index (χ1n) is 6.80. The van der Waals surface area contributed by atoms with E-state index in [1.807, 2.05) is 35.3 Å². The van der Waals surface area contributed by atoms with E-state index in [1.54, 1.807) is 18.0 Å². The van der Waals surface area contributed by atoms with Gasteiger partial charge in [-0.25, -0.2) is 4.98 Å². The highest BCUT2D eigenvalue weighted by Crippen LogP contribution is 2.28. The molecule has 2 rings (SSSR count). The summed E-state index contributed by atoms with van der Waals surface area (Å²) in [5, 5.41) is 2.11. The molecule has 1 aromatic heterocycles. The largest absolute Gasteiger partial charge is 0.493 e. The Hall–Kier alpha value is -1.68. The Balaban J connectivity index is 2.31. The summed E-state index contributed by atoms with van der Waals surface area (Å²) in [6, 6.07) is 8.15. The molecule has 2 aromatic rings. The molecule has 0 bridgehead atoms. The first-order chi connectivity index (χ1) is 9.86. The Labute approximate surface area is 124 Å². The minimum Gasteiger partial charge on any atom is -0.493 e. The molecule has 0 amide bonds. The molecule has 0 radical (unpaired) electrons. The molecule has 0 unspecified atom stereocenters. The highest BCUT2D eigenvalue weighted by atomic mass is 32.2. The molecule has 0 N–H and O–H groups in total. The number of ether oxygens (including phenoxy) is 1. The standard InChI is InChI=1S/C16H20N2OS/c1-3-4-11-19-16-8-6-5-7-14(16)15(12-20-2)18-10-9-17-13-18/h5-10,12-13H,3-4,11H2,1-2H3/b15-12+. The van der Waals surface area contributed by atoms with E-state index in [4.69, 9.17) is 4.74 Å². The third kappa shape index (κ3) is 3.67. The molecule has 0 aliphatic rings. The molecule has 0 saturated heterocycles. The van der Waals surface area contributed by atoms with Crippen LogP contribution in [0.5, 0.6) is 5.75 Å². The first-order valence-corrected chi connectivity index (χ1v) is 8.09. The predicted molar refractivity (Wildman–Crippen MR) is 86.0 cm³/mol. The Bertz CT molecular complexity index is 549. The van der Waals surface area contributed by atoms with E-state index >= 15 is 0 Å². The summed E-state index contributed by atoms with van der Waals surface area (Å²) in [5.74, 6) is 0.926. The lowest BCUT2D eigenvalue weighted by molar-refractivity contribution is 0.308. The van der Waals surface area contributed by atoms with Crippen LogP contribution in [0.3, 0.4) is 0 Å². The number of unbranched alkanes of at least 4 members (excludes halogenated alkanes) is 1. The fourth-order valence-corrected chi connectivity index (χ4v) is 2.38. The SMILES string of the molecule is CCCCOc1ccccc1/C(=C\SC)n1ccnc1. The van der Waals surface area contributed by atoms with Crippen molar-refractivity contribution in [3.63, 3.8) is 0 Å². The number of rotatable bonds is 7. The maximum atomic E-state index is 5.92. The van der Waals surface area contributed by atoms with Gasteiger partial charge >= 0.3 is 0 Å². The fourth-order valence-electron chi connectivity index (χ4n) is 1.91. The lowest BCUT2D eigenvalue weighted by atomic mass is 10.1. The Kier molecular flexibility index (Phi) is 5.74. The third-order valence-electron chi connectivity index (χ3n) is 2.93. The van der Waals surface area contributed by atoms with Gasteiger partial charge in [-0.05, 0) is 30.2 Å². The van der Waals surface area contributed by atoms with Crippen LogP contribution in [0.25, 0.3) is 5.70 Å². The number of hydrogen-bond acceptors (Lipinski definition) is 3. The number of nitrogens with zero attached hydrogens (tertiary/aromatic N) is 2. The molecule has 0 fully saturated rings. The summed E-state index contributed by atoms with van der Waals surface area (Å²) >= 11 is 1.67. The summed E-state index contributed by atoms with van der Waals surface area (Å²) in [6.07, 6.45) is 9.81. The molecule has 0 aliphatic carbocycles. The average molecular weight is 288 g/mol. The van der Waals surface area contributed by atoms with Crippen molar-refractivity contribution in [1.29, 1.82) is 0 Å². The molecule has 0 atom stereocenters. The van der Waals surface area contributed by atoms with Crippen LogP contribution in [-0.4, -0.2) is 22.4 Å². The van der Waals surface area contributed by atoms with Gasteiger partial charge in [0.1, 0.15) is 5.75 Å². The van der Waals surface area contributed by atoms with E-state index < -0.39 is 0 Å². The normalized spacial score (nSPS) is 11.6. The van der Waals surface area contributed by atoms with Crippen LogP contribution in [-0.2, 0) is 0 Å². The van der Waals surface area contributed by atoms with Crippen molar-refractivity contribution in [3.8, 4) is 5.75 Å². The van der Waals surface area contributed by atoms with Crippen molar-refractivity contribution in [2.45, 2.75) is 19.8 Å². The van der Waals surface area contributed by atoms with Gasteiger partial charge in [-0.2, -0.15) is 0 Å². The van der Waals surface area contributed by atoms with Crippen molar-refractivity contribution >= 4 is 17.5 Å². The van der Waals surface area contributed by atoms with E-state index in [0.717, 1.165) is 36.5 Å². The molecule has 0 saturated carbocycles. The summed E-state index contributed by atoms with van der Waals surface area (Å²) in [5.41, 5.74) is 2.18. The van der Waals surface area contributed by atoms with Gasteiger partial charge in [0, 0.05) is 18.0 Å². The first kappa shape index (κ1) is 14.7. The van der Waals surface area contributed by atoms with Crippen LogP contribution in [0.2, 0.25) is 0 Å². The van der Waals surface area contributed by atoms with Crippen LogP contribution in [0.15, 0.2) is 48.4 Å². The molecule has 20 heavy (non-hydrogen) atoms. The highest BCUT2D eigenvalue weighted by molar-refractivity contribution is 8.01. The second kappa shape index (κ2) is 7.80. The van der Waals surface area contributed by atoms with Gasteiger partial charge in [0.15, 0.2) is 0 Å². The molecule has 0 spiro atoms. The zero-order valence-electron chi connectivity index (χ0n) is 12.0. The smallest absolute Gasteiger partial charge is 0.128 e. The second-order valence-corrected chi connectivity index (χ2v) is 5.11. The van der Waals surface area contributed by atoms with E-state index in [-0.39, 0.29) is 0 Å². The monoisotopic (exact) mass is 288 g/mol. The lowest BCUT2D eigenvalue weighted by Crippen LogP contribution is -2.02. The molecule has 4 heteroatoms. The number of hydrogen-bond donors (Lipinski definition) is 0. The highest BCUT2D eigenvalue weighted by Gasteiger charge is 2.10. The van der Waals surface area contributed by atoms with Gasteiger partial charge < -0.3 is 9.30 Å². The quantitative estimate of drug-likeness (QED) is 0.712. The van der Waals surface area contributed by atoms with Gasteiger partial charge in [0.25, 0.3) is 0 Å². The van der Waals surface area contributed by atoms with Gasteiger partial charge in [-0.3, -0.25) is 0 Å². The minimum atomic E-state index is 0.754. The van der Waals surface area contributed by atoms with Crippen LogP contribution < -0.4 is 4.74 Å². The fraction of sp³-hybridized carbons (Fsp3) is 0.312. The van der Waals surface area contributed by atoms with Crippen molar-refractivity contribution < 1.29 is 4.74 Å². The summed E-state index contributed by atoms with van der Waals surface area (Å²) in [4.78, 5) is 4.13. The summed E-state index contributed by atoms with van der Waals surface area (Å²) < 4.78 is 7.93. The maximum absolute atomic E-state index is 5.92. The number of para-hydroxylation sites is 1. The van der Waals surface area contributed by atoms with Crippen LogP contribution >= 0.6 is 11.8 Å². The molecule has 1 heterocycles. The number of imidazole rings is 1. The van der Waals surface area contributed by atoms with E-state index in [1.165, 1.54) is 0 Å². The Morgan fingerprint density at radius 3 is 2.95 bits per heavy atom. The van der Waals surface area contributed by atoms with Gasteiger partial charge in [-0.1, -0.05) is 25.5 Å². The van der Waals surface area contributed by atoms with Gasteiger partial charge in [-0.15, -0.1) is 11.8 Å². The summed E-state index contributed by atoms with van der Waals surface area (Å²) in [6.45, 7) is 2.92. The molecule has 3 nitrogen and oxygen atoms in total. The lowest BCUT2D eigenvalue weighted by Gasteiger charge is -2.14. The van der Waals surface area contributed by atoms with Crippen molar-refractivity contribution in [1.82, 2.24) is 9.55 Å². The third-order valence-corrected chi connectivity index (χ3v) is 3.39. The van der Waals surface area contributed by atoms with Gasteiger partial charge in [0.05, 0.1) is 18.6 Å². The van der Waals surface area contributed by atoms with Crippen LogP contribution in [0.1, 0.15) is 25.3 Å². The van der Waals surface area contributed by atoms with Crippen LogP contribution in [0.4, 0.5) is 0 Å². The van der Waals surface area contributed by atoms with Crippen molar-refractivity contribution in [2.24, 2.45) is 0 Å².